The van der Waals surface area contributed by atoms with Crippen LogP contribution in [0.5, 0.6) is 0 Å². The quantitative estimate of drug-likeness (QED) is 0.410. The monoisotopic (exact) mass is 306 g/mol. The van der Waals surface area contributed by atoms with Crippen LogP contribution >= 0.6 is 0 Å². The molecule has 0 aliphatic carbocycles. The Bertz CT molecular complexity index is 482. The smallest absolute Gasteiger partial charge is 0.266 e. The van der Waals surface area contributed by atoms with Crippen LogP contribution in [0.15, 0.2) is 11.8 Å². The maximum Gasteiger partial charge on any atom is 0.266 e. The van der Waals surface area contributed by atoms with Crippen molar-refractivity contribution in [3.63, 3.8) is 0 Å². The summed E-state index contributed by atoms with van der Waals surface area (Å²) in [6.45, 7) is 7.33. The van der Waals surface area contributed by atoms with Gasteiger partial charge >= 0.3 is 0 Å². The van der Waals surface area contributed by atoms with Gasteiger partial charge in [0, 0.05) is 45.5 Å². The first-order valence-corrected chi connectivity index (χ1v) is 7.53. The predicted molar refractivity (Wildman–Crippen MR) is 79.5 cm³/mol. The van der Waals surface area contributed by atoms with E-state index in [1.54, 1.807) is 16.0 Å². The highest BCUT2D eigenvalue weighted by atomic mass is 16.5. The predicted octanol–water partition coefficient (Wildman–Crippen LogP) is -0.196. The zero-order valence-corrected chi connectivity index (χ0v) is 13.1. The van der Waals surface area contributed by atoms with Gasteiger partial charge in [-0.05, 0) is 13.8 Å². The summed E-state index contributed by atoms with van der Waals surface area (Å²) in [7, 11) is 0. The maximum atomic E-state index is 12.5. The molecule has 2 amide bonds. The van der Waals surface area contributed by atoms with Gasteiger partial charge in [-0.25, -0.2) is 0 Å². The molecule has 120 valence electrons. The van der Waals surface area contributed by atoms with E-state index in [2.05, 4.69) is 0 Å². The number of nitrogens with zero attached hydrogens (tertiary/aromatic N) is 4. The van der Waals surface area contributed by atoms with Crippen molar-refractivity contribution in [3.8, 4) is 6.07 Å². The Morgan fingerprint density at radius 2 is 1.68 bits per heavy atom. The number of hydrogen-bond acceptors (Lipinski definition) is 5. The van der Waals surface area contributed by atoms with Crippen molar-refractivity contribution in [2.24, 2.45) is 0 Å². The molecule has 7 nitrogen and oxygen atoms in total. The van der Waals surface area contributed by atoms with Crippen molar-refractivity contribution in [3.05, 3.63) is 11.8 Å². The van der Waals surface area contributed by atoms with Crippen LogP contribution in [0.1, 0.15) is 13.8 Å². The second-order valence-electron chi connectivity index (χ2n) is 5.80. The van der Waals surface area contributed by atoms with E-state index in [0.717, 1.165) is 6.41 Å². The topological polar surface area (TPSA) is 76.9 Å². The van der Waals surface area contributed by atoms with Crippen molar-refractivity contribution in [2.45, 2.75) is 26.1 Å². The number of ether oxygens (including phenoxy) is 1. The number of piperazine rings is 1. The van der Waals surface area contributed by atoms with Gasteiger partial charge in [0.1, 0.15) is 11.6 Å². The van der Waals surface area contributed by atoms with Gasteiger partial charge in [-0.2, -0.15) is 5.26 Å². The van der Waals surface area contributed by atoms with Gasteiger partial charge in [0.15, 0.2) is 0 Å². The van der Waals surface area contributed by atoms with Crippen molar-refractivity contribution in [1.82, 2.24) is 14.7 Å². The van der Waals surface area contributed by atoms with E-state index in [0.29, 0.717) is 39.3 Å². The summed E-state index contributed by atoms with van der Waals surface area (Å²) in [5.74, 6) is -0.248. The summed E-state index contributed by atoms with van der Waals surface area (Å²) in [6.07, 6.45) is 2.40. The largest absolute Gasteiger partial charge is 0.373 e. The van der Waals surface area contributed by atoms with Gasteiger partial charge in [-0.15, -0.1) is 0 Å². The Balaban J connectivity index is 2.01. The van der Waals surface area contributed by atoms with Crippen LogP contribution in [0.4, 0.5) is 0 Å². The van der Waals surface area contributed by atoms with Crippen LogP contribution in [0.3, 0.4) is 0 Å². The van der Waals surface area contributed by atoms with Gasteiger partial charge in [-0.3, -0.25) is 9.59 Å². The molecule has 0 spiro atoms. The van der Waals surface area contributed by atoms with Crippen LogP contribution in [0, 0.1) is 11.3 Å². The Kier molecular flexibility index (Phi) is 5.39. The normalized spacial score (nSPS) is 26.6. The molecule has 2 rings (SSSR count). The summed E-state index contributed by atoms with van der Waals surface area (Å²) in [6, 6.07) is 2.01. The molecule has 22 heavy (non-hydrogen) atoms. The van der Waals surface area contributed by atoms with Crippen LogP contribution in [-0.2, 0) is 14.3 Å². The highest BCUT2D eigenvalue weighted by molar-refractivity contribution is 5.97. The average Bonchev–Trinajstić information content (AvgIpc) is 2.51. The number of nitriles is 1. The molecule has 0 aromatic carbocycles. The number of hydrogen-bond donors (Lipinski definition) is 0. The lowest BCUT2D eigenvalue weighted by molar-refractivity contribution is -0.138. The van der Waals surface area contributed by atoms with Gasteiger partial charge in [0.2, 0.25) is 6.41 Å². The van der Waals surface area contributed by atoms with Gasteiger partial charge in [0.05, 0.1) is 12.2 Å². The number of carbonyl (C=O) groups is 2. The first kappa shape index (κ1) is 16.3. The summed E-state index contributed by atoms with van der Waals surface area (Å²) >= 11 is 0. The van der Waals surface area contributed by atoms with Gasteiger partial charge in [-0.1, -0.05) is 0 Å². The molecule has 0 saturated carbocycles. The van der Waals surface area contributed by atoms with E-state index in [1.165, 1.54) is 0 Å². The molecule has 0 bridgehead atoms. The maximum absolute atomic E-state index is 12.5. The lowest BCUT2D eigenvalue weighted by Gasteiger charge is -2.35. The van der Waals surface area contributed by atoms with E-state index in [-0.39, 0.29) is 23.7 Å². The minimum Gasteiger partial charge on any atom is -0.373 e. The zero-order chi connectivity index (χ0) is 16.1. The Hall–Kier alpha value is -2.07. The van der Waals surface area contributed by atoms with Crippen LogP contribution < -0.4 is 0 Å². The lowest BCUT2D eigenvalue weighted by Crippen LogP contribution is -2.49. The molecule has 2 atom stereocenters. The number of carbonyl (C=O) groups excluding carboxylic acids is 2. The second kappa shape index (κ2) is 7.27. The molecule has 2 aliphatic rings. The van der Waals surface area contributed by atoms with E-state index in [1.807, 2.05) is 24.8 Å². The fourth-order valence-corrected chi connectivity index (χ4v) is 2.80. The second-order valence-corrected chi connectivity index (χ2v) is 5.80. The SMILES string of the molecule is CC1CN(C(=O)/C(C#N)=C\N2CCN(C=O)CC2)CC(C)O1. The minimum atomic E-state index is -0.248. The lowest BCUT2D eigenvalue weighted by atomic mass is 10.2. The first-order valence-electron chi connectivity index (χ1n) is 7.53. The minimum absolute atomic E-state index is 0.0243. The standard InChI is InChI=1S/C15H22N4O3/c1-12-8-19(9-13(2)22-12)15(21)14(7-16)10-17-3-5-18(11-20)6-4-17/h10-13H,3-6,8-9H2,1-2H3/b14-10-. The first-order chi connectivity index (χ1) is 10.5. The summed E-state index contributed by atoms with van der Waals surface area (Å²) in [5.41, 5.74) is 0.140. The third kappa shape index (κ3) is 3.98. The molecule has 2 saturated heterocycles. The highest BCUT2D eigenvalue weighted by Crippen LogP contribution is 2.14. The molecule has 2 unspecified atom stereocenters. The summed E-state index contributed by atoms with van der Waals surface area (Å²) < 4.78 is 5.61. The van der Waals surface area contributed by atoms with Crippen molar-refractivity contribution in [1.29, 1.82) is 5.26 Å². The van der Waals surface area contributed by atoms with E-state index >= 15 is 0 Å². The Morgan fingerprint density at radius 3 is 2.18 bits per heavy atom. The Morgan fingerprint density at radius 1 is 1.14 bits per heavy atom. The fourth-order valence-electron chi connectivity index (χ4n) is 2.80. The van der Waals surface area contributed by atoms with Crippen molar-refractivity contribution in [2.75, 3.05) is 39.3 Å². The van der Waals surface area contributed by atoms with E-state index in [4.69, 9.17) is 4.74 Å². The molecular formula is C15H22N4O3. The number of morpholine rings is 1. The molecule has 0 aromatic rings. The van der Waals surface area contributed by atoms with Crippen LogP contribution in [0.2, 0.25) is 0 Å². The molecule has 0 aromatic heterocycles. The third-order valence-corrected chi connectivity index (χ3v) is 3.87. The van der Waals surface area contributed by atoms with Gasteiger partial charge in [0.25, 0.3) is 5.91 Å². The van der Waals surface area contributed by atoms with E-state index < -0.39 is 0 Å². The van der Waals surface area contributed by atoms with Gasteiger partial charge < -0.3 is 19.4 Å². The Labute approximate surface area is 130 Å². The summed E-state index contributed by atoms with van der Waals surface area (Å²) in [5, 5.41) is 9.30. The number of amides is 2. The molecule has 0 radical (unpaired) electrons. The molecule has 0 N–H and O–H groups in total. The van der Waals surface area contributed by atoms with Crippen molar-refractivity contribution < 1.29 is 14.3 Å². The summed E-state index contributed by atoms with van der Waals surface area (Å²) in [4.78, 5) is 28.5. The number of rotatable bonds is 3. The van der Waals surface area contributed by atoms with E-state index in [9.17, 15) is 14.9 Å². The molecule has 2 aliphatic heterocycles. The molecule has 7 heteroatoms. The van der Waals surface area contributed by atoms with Crippen molar-refractivity contribution >= 4 is 12.3 Å². The fraction of sp³-hybridized carbons (Fsp3) is 0.667. The average molecular weight is 306 g/mol. The molecule has 2 fully saturated rings. The van der Waals surface area contributed by atoms with Crippen LogP contribution in [0.25, 0.3) is 0 Å². The zero-order valence-electron chi connectivity index (χ0n) is 13.1. The molecule has 2 heterocycles. The van der Waals surface area contributed by atoms with Crippen LogP contribution in [-0.4, -0.2) is 78.5 Å². The third-order valence-electron chi connectivity index (χ3n) is 3.87. The molecular weight excluding hydrogens is 284 g/mol. The highest BCUT2D eigenvalue weighted by Gasteiger charge is 2.28.